The zero-order chi connectivity index (χ0) is 21.0. The van der Waals surface area contributed by atoms with Crippen molar-refractivity contribution in [3.8, 4) is 6.07 Å². The number of nitrogens with one attached hydrogen (secondary N) is 2. The van der Waals surface area contributed by atoms with Crippen molar-refractivity contribution >= 4 is 45.9 Å². The van der Waals surface area contributed by atoms with Gasteiger partial charge in [-0.25, -0.2) is 10.4 Å². The van der Waals surface area contributed by atoms with Crippen molar-refractivity contribution in [3.63, 3.8) is 0 Å². The zero-order valence-electron chi connectivity index (χ0n) is 14.7. The van der Waals surface area contributed by atoms with Crippen molar-refractivity contribution in [1.29, 1.82) is 5.26 Å². The first-order valence-electron chi connectivity index (χ1n) is 8.26. The second kappa shape index (κ2) is 8.84. The van der Waals surface area contributed by atoms with E-state index in [9.17, 15) is 14.7 Å². The van der Waals surface area contributed by atoms with Gasteiger partial charge in [0.15, 0.2) is 5.69 Å². The molecule has 146 valence electrons. The van der Waals surface area contributed by atoms with Gasteiger partial charge in [-0.05, 0) is 35.9 Å². The van der Waals surface area contributed by atoms with Crippen LogP contribution < -0.4 is 11.0 Å². The Bertz CT molecular complexity index is 1200. The van der Waals surface area contributed by atoms with Crippen LogP contribution in [0.15, 0.2) is 52.4 Å². The van der Waals surface area contributed by atoms with Crippen LogP contribution >= 0.6 is 23.2 Å². The van der Waals surface area contributed by atoms with Crippen molar-refractivity contribution < 1.29 is 9.90 Å². The smallest absolute Gasteiger partial charge is 0.276 e. The molecule has 29 heavy (non-hydrogen) atoms. The first-order valence-corrected chi connectivity index (χ1v) is 9.01. The largest absolute Gasteiger partial charge is 0.382 e. The Labute approximate surface area is 174 Å². The standard InChI is InChI=1S/C19H13Cl2N5O3/c20-11-3-1-10(2-4-11)18(28)16(26-25-15(27)7-8-22)17-19(29)24-14-9-12(21)5-6-13(14)23-17/h1-6,9,18,28H,7H2,(H,24,29)(H,25,27)/b26-16+/t18-/m1/s1. The molecule has 1 atom stereocenters. The Morgan fingerprint density at radius 3 is 2.62 bits per heavy atom. The van der Waals surface area contributed by atoms with Gasteiger partial charge in [0.2, 0.25) is 0 Å². The number of rotatable bonds is 5. The Balaban J connectivity index is 2.11. The topological polar surface area (TPSA) is 131 Å². The molecule has 0 aliphatic rings. The van der Waals surface area contributed by atoms with Gasteiger partial charge < -0.3 is 10.1 Å². The monoisotopic (exact) mass is 429 g/mol. The summed E-state index contributed by atoms with van der Waals surface area (Å²) in [5, 5.41) is 24.2. The normalized spacial score (nSPS) is 12.4. The van der Waals surface area contributed by atoms with Gasteiger partial charge in [-0.15, -0.1) is 0 Å². The molecule has 0 spiro atoms. The third-order valence-electron chi connectivity index (χ3n) is 3.88. The molecule has 2 aromatic carbocycles. The summed E-state index contributed by atoms with van der Waals surface area (Å²) in [5.41, 5.74) is 2.31. The second-order valence-electron chi connectivity index (χ2n) is 5.90. The number of carbonyl (C=O) groups is 1. The average molecular weight is 430 g/mol. The first-order chi connectivity index (χ1) is 13.9. The number of hydrogen-bond acceptors (Lipinski definition) is 6. The van der Waals surface area contributed by atoms with E-state index in [0.717, 1.165) is 0 Å². The number of aromatic amines is 1. The minimum atomic E-state index is -1.40. The van der Waals surface area contributed by atoms with E-state index in [0.29, 0.717) is 26.6 Å². The highest BCUT2D eigenvalue weighted by molar-refractivity contribution is 6.31. The van der Waals surface area contributed by atoms with Crippen LogP contribution in [0.3, 0.4) is 0 Å². The summed E-state index contributed by atoms with van der Waals surface area (Å²) in [6.45, 7) is 0. The molecule has 3 rings (SSSR count). The van der Waals surface area contributed by atoms with E-state index in [4.69, 9.17) is 28.5 Å². The molecule has 0 fully saturated rings. The van der Waals surface area contributed by atoms with Crippen LogP contribution in [0.4, 0.5) is 0 Å². The summed E-state index contributed by atoms with van der Waals surface area (Å²) in [5.74, 6) is -0.697. The van der Waals surface area contributed by atoms with Gasteiger partial charge >= 0.3 is 0 Å². The predicted octanol–water partition coefficient (Wildman–Crippen LogP) is 2.70. The molecule has 0 aliphatic carbocycles. The summed E-state index contributed by atoms with van der Waals surface area (Å²) in [4.78, 5) is 31.2. The van der Waals surface area contributed by atoms with E-state index in [2.05, 4.69) is 20.5 Å². The number of aliphatic hydroxyl groups excluding tert-OH is 1. The molecule has 0 bridgehead atoms. The summed E-state index contributed by atoms with van der Waals surface area (Å²) < 4.78 is 0. The van der Waals surface area contributed by atoms with E-state index in [1.807, 2.05) is 0 Å². The van der Waals surface area contributed by atoms with Crippen LogP contribution in [-0.4, -0.2) is 26.7 Å². The molecular formula is C19H13Cl2N5O3. The van der Waals surface area contributed by atoms with Crippen molar-refractivity contribution in [1.82, 2.24) is 15.4 Å². The third-order valence-corrected chi connectivity index (χ3v) is 4.37. The molecule has 1 aromatic heterocycles. The van der Waals surface area contributed by atoms with Crippen LogP contribution in [0.1, 0.15) is 23.8 Å². The fourth-order valence-corrected chi connectivity index (χ4v) is 2.81. The maximum absolute atomic E-state index is 12.6. The highest BCUT2D eigenvalue weighted by Crippen LogP contribution is 2.21. The van der Waals surface area contributed by atoms with Gasteiger partial charge in [0.1, 0.15) is 18.2 Å². The highest BCUT2D eigenvalue weighted by atomic mass is 35.5. The maximum atomic E-state index is 12.6. The predicted molar refractivity (Wildman–Crippen MR) is 109 cm³/mol. The van der Waals surface area contributed by atoms with E-state index in [-0.39, 0.29) is 11.4 Å². The molecule has 0 aliphatic heterocycles. The lowest BCUT2D eigenvalue weighted by atomic mass is 10.0. The average Bonchev–Trinajstić information content (AvgIpc) is 2.69. The second-order valence-corrected chi connectivity index (χ2v) is 6.77. The van der Waals surface area contributed by atoms with E-state index >= 15 is 0 Å². The molecule has 0 saturated carbocycles. The fourth-order valence-electron chi connectivity index (χ4n) is 2.51. The van der Waals surface area contributed by atoms with Gasteiger partial charge in [0.25, 0.3) is 11.5 Å². The molecule has 3 N–H and O–H groups in total. The minimum absolute atomic E-state index is 0.195. The Morgan fingerprint density at radius 1 is 1.24 bits per heavy atom. The number of nitriles is 1. The van der Waals surface area contributed by atoms with Gasteiger partial charge in [-0.2, -0.15) is 10.4 Å². The van der Waals surface area contributed by atoms with Gasteiger partial charge in [0, 0.05) is 10.0 Å². The summed E-state index contributed by atoms with van der Waals surface area (Å²) in [6, 6.07) is 12.6. The quantitative estimate of drug-likeness (QED) is 0.423. The molecule has 10 heteroatoms. The Hall–Kier alpha value is -3.25. The van der Waals surface area contributed by atoms with Crippen LogP contribution in [0.5, 0.6) is 0 Å². The van der Waals surface area contributed by atoms with Crippen molar-refractivity contribution in [3.05, 3.63) is 74.1 Å². The van der Waals surface area contributed by atoms with E-state index < -0.39 is 24.0 Å². The number of benzene rings is 2. The van der Waals surface area contributed by atoms with Crippen molar-refractivity contribution in [2.75, 3.05) is 0 Å². The number of hydrogen-bond donors (Lipinski definition) is 3. The lowest BCUT2D eigenvalue weighted by Gasteiger charge is -2.14. The number of halogens is 2. The molecule has 1 amide bonds. The number of aromatic nitrogens is 2. The van der Waals surface area contributed by atoms with E-state index in [1.165, 1.54) is 6.07 Å². The molecule has 3 aromatic rings. The van der Waals surface area contributed by atoms with Crippen LogP contribution in [0, 0.1) is 11.3 Å². The first kappa shape index (κ1) is 20.5. The summed E-state index contributed by atoms with van der Waals surface area (Å²) in [6.07, 6.45) is -1.83. The number of fused-ring (bicyclic) bond motifs is 1. The number of H-pyrrole nitrogens is 1. The molecular weight excluding hydrogens is 417 g/mol. The highest BCUT2D eigenvalue weighted by Gasteiger charge is 2.23. The number of amides is 1. The Morgan fingerprint density at radius 2 is 1.93 bits per heavy atom. The van der Waals surface area contributed by atoms with Crippen LogP contribution in [-0.2, 0) is 4.79 Å². The molecule has 1 heterocycles. The molecule has 0 saturated heterocycles. The number of carbonyl (C=O) groups excluding carboxylic acids is 1. The van der Waals surface area contributed by atoms with Gasteiger partial charge in [-0.3, -0.25) is 9.59 Å². The van der Waals surface area contributed by atoms with E-state index in [1.54, 1.807) is 42.5 Å². The summed E-state index contributed by atoms with van der Waals surface area (Å²) >= 11 is 11.8. The molecule has 0 unspecified atom stereocenters. The van der Waals surface area contributed by atoms with Crippen LogP contribution in [0.2, 0.25) is 10.0 Å². The van der Waals surface area contributed by atoms with Crippen molar-refractivity contribution in [2.24, 2.45) is 5.10 Å². The van der Waals surface area contributed by atoms with Gasteiger partial charge in [0.05, 0.1) is 17.1 Å². The lowest BCUT2D eigenvalue weighted by molar-refractivity contribution is -0.120. The fraction of sp³-hybridized carbons (Fsp3) is 0.105. The summed E-state index contributed by atoms with van der Waals surface area (Å²) in [7, 11) is 0. The van der Waals surface area contributed by atoms with Gasteiger partial charge in [-0.1, -0.05) is 35.3 Å². The van der Waals surface area contributed by atoms with Crippen LogP contribution in [0.25, 0.3) is 11.0 Å². The minimum Gasteiger partial charge on any atom is -0.382 e. The third kappa shape index (κ3) is 4.78. The number of aliphatic hydroxyl groups is 1. The number of hydrazone groups is 1. The molecule has 0 radical (unpaired) electrons. The zero-order valence-corrected chi connectivity index (χ0v) is 16.2. The number of nitrogens with zero attached hydrogens (tertiary/aromatic N) is 3. The Kier molecular flexibility index (Phi) is 6.24. The lowest BCUT2D eigenvalue weighted by Crippen LogP contribution is -2.29. The molecule has 8 nitrogen and oxygen atoms in total. The van der Waals surface area contributed by atoms with Crippen molar-refractivity contribution in [2.45, 2.75) is 12.5 Å². The SMILES string of the molecule is N#CCC(=O)N/N=C(\c1nc2ccc(Cl)cc2[nH]c1=O)[C@H](O)c1ccc(Cl)cc1. The maximum Gasteiger partial charge on any atom is 0.276 e.